The molecule has 6 nitrogen and oxygen atoms in total. The molecule has 0 spiro atoms. The quantitative estimate of drug-likeness (QED) is 0.344. The fraction of sp³-hybridized carbons (Fsp3) is 0.217. The number of allylic oxidation sites excluding steroid dienone is 1. The first-order valence-corrected chi connectivity index (χ1v) is 10.3. The summed E-state index contributed by atoms with van der Waals surface area (Å²) in [6.45, 7) is 5.84. The van der Waals surface area contributed by atoms with Gasteiger partial charge < -0.3 is 24.8 Å². The monoisotopic (exact) mass is 458 g/mol. The van der Waals surface area contributed by atoms with Gasteiger partial charge in [-0.1, -0.05) is 42.5 Å². The Bertz CT molecular complexity index is 1020. The van der Waals surface area contributed by atoms with Crippen LogP contribution in [0.15, 0.2) is 66.4 Å². The van der Waals surface area contributed by atoms with E-state index in [1.54, 1.807) is 20.1 Å². The van der Waals surface area contributed by atoms with Gasteiger partial charge in [-0.25, -0.2) is 4.79 Å². The fourth-order valence-corrected chi connectivity index (χ4v) is 3.55. The van der Waals surface area contributed by atoms with E-state index in [1.165, 1.54) is 6.08 Å². The van der Waals surface area contributed by atoms with Crippen molar-refractivity contribution in [3.63, 3.8) is 0 Å². The fourth-order valence-electron chi connectivity index (χ4n) is 3.15. The molecular formula is C23H23ClN2O4S. The van der Waals surface area contributed by atoms with Crippen molar-refractivity contribution in [1.29, 1.82) is 0 Å². The minimum atomic E-state index is -0.495. The third-order valence-corrected chi connectivity index (χ3v) is 5.12. The van der Waals surface area contributed by atoms with Crippen LogP contribution in [0.3, 0.4) is 0 Å². The third kappa shape index (κ3) is 5.57. The molecule has 8 heteroatoms. The van der Waals surface area contributed by atoms with Crippen molar-refractivity contribution in [3.05, 3.63) is 82.5 Å². The molecule has 0 radical (unpaired) electrons. The highest BCUT2D eigenvalue weighted by Gasteiger charge is 2.31. The van der Waals surface area contributed by atoms with E-state index in [9.17, 15) is 4.79 Å². The highest BCUT2D eigenvalue weighted by atomic mass is 35.5. The number of thiocarbonyl (C=S) groups is 1. The normalized spacial score (nSPS) is 15.6. The van der Waals surface area contributed by atoms with Crippen LogP contribution in [0.2, 0.25) is 5.02 Å². The first-order valence-electron chi connectivity index (χ1n) is 9.54. The summed E-state index contributed by atoms with van der Waals surface area (Å²) in [5, 5.41) is 7.20. The lowest BCUT2D eigenvalue weighted by Gasteiger charge is -2.30. The van der Waals surface area contributed by atoms with Crippen LogP contribution in [0, 0.1) is 0 Å². The van der Waals surface area contributed by atoms with Gasteiger partial charge in [0.2, 0.25) is 0 Å². The van der Waals surface area contributed by atoms with Crippen molar-refractivity contribution in [3.8, 4) is 11.5 Å². The van der Waals surface area contributed by atoms with Crippen molar-refractivity contribution in [2.24, 2.45) is 0 Å². The van der Waals surface area contributed by atoms with Gasteiger partial charge >= 0.3 is 5.97 Å². The van der Waals surface area contributed by atoms with Crippen molar-refractivity contribution < 1.29 is 19.0 Å². The van der Waals surface area contributed by atoms with Gasteiger partial charge in [0.25, 0.3) is 0 Å². The van der Waals surface area contributed by atoms with Crippen LogP contribution >= 0.6 is 23.8 Å². The number of methoxy groups -OCH3 is 1. The molecule has 1 atom stereocenters. The summed E-state index contributed by atoms with van der Waals surface area (Å²) in [5.41, 5.74) is 2.83. The summed E-state index contributed by atoms with van der Waals surface area (Å²) in [5.74, 6) is 0.662. The van der Waals surface area contributed by atoms with E-state index in [-0.39, 0.29) is 6.61 Å². The molecule has 1 unspecified atom stereocenters. The third-order valence-electron chi connectivity index (χ3n) is 4.65. The van der Waals surface area contributed by atoms with Gasteiger partial charge in [-0.2, -0.15) is 0 Å². The second-order valence-electron chi connectivity index (χ2n) is 6.78. The van der Waals surface area contributed by atoms with Crippen LogP contribution in [-0.2, 0) is 16.1 Å². The van der Waals surface area contributed by atoms with E-state index >= 15 is 0 Å². The number of hydrogen-bond donors (Lipinski definition) is 2. The van der Waals surface area contributed by atoms with E-state index < -0.39 is 12.0 Å². The summed E-state index contributed by atoms with van der Waals surface area (Å²) in [6, 6.07) is 12.4. The minimum absolute atomic E-state index is 0.119. The predicted molar refractivity (Wildman–Crippen MR) is 124 cm³/mol. The van der Waals surface area contributed by atoms with Crippen molar-refractivity contribution in [2.75, 3.05) is 13.7 Å². The molecule has 0 saturated carbocycles. The van der Waals surface area contributed by atoms with Crippen molar-refractivity contribution >= 4 is 34.9 Å². The lowest BCUT2D eigenvalue weighted by molar-refractivity contribution is -0.138. The number of nitrogens with one attached hydrogen (secondary N) is 2. The predicted octanol–water partition coefficient (Wildman–Crippen LogP) is 4.45. The van der Waals surface area contributed by atoms with Gasteiger partial charge in [0.05, 0.1) is 18.7 Å². The molecule has 3 rings (SSSR count). The summed E-state index contributed by atoms with van der Waals surface area (Å²) in [6.07, 6.45) is 1.52. The highest BCUT2D eigenvalue weighted by molar-refractivity contribution is 7.80. The van der Waals surface area contributed by atoms with Crippen molar-refractivity contribution in [2.45, 2.75) is 19.6 Å². The molecule has 0 aliphatic carbocycles. The summed E-state index contributed by atoms with van der Waals surface area (Å²) >= 11 is 11.2. The highest BCUT2D eigenvalue weighted by Crippen LogP contribution is 2.35. The van der Waals surface area contributed by atoms with E-state index in [1.807, 2.05) is 36.4 Å². The Balaban J connectivity index is 1.86. The first-order chi connectivity index (χ1) is 14.9. The maximum Gasteiger partial charge on any atom is 0.338 e. The largest absolute Gasteiger partial charge is 0.493 e. The Morgan fingerprint density at radius 3 is 2.65 bits per heavy atom. The first kappa shape index (κ1) is 22.7. The van der Waals surface area contributed by atoms with Crippen LogP contribution in [0.4, 0.5) is 0 Å². The second kappa shape index (κ2) is 10.3. The molecule has 0 amide bonds. The molecule has 0 saturated heterocycles. The zero-order chi connectivity index (χ0) is 22.4. The topological polar surface area (TPSA) is 68.8 Å². The number of esters is 1. The van der Waals surface area contributed by atoms with E-state index in [2.05, 4.69) is 17.2 Å². The van der Waals surface area contributed by atoms with Crippen LogP contribution in [0.25, 0.3) is 0 Å². The molecular weight excluding hydrogens is 436 g/mol. The molecule has 0 bridgehead atoms. The average molecular weight is 459 g/mol. The smallest absolute Gasteiger partial charge is 0.338 e. The van der Waals surface area contributed by atoms with Gasteiger partial charge in [0.1, 0.15) is 13.2 Å². The molecule has 0 fully saturated rings. The molecule has 1 heterocycles. The number of hydrogen-bond acceptors (Lipinski definition) is 5. The molecule has 2 N–H and O–H groups in total. The van der Waals surface area contributed by atoms with Gasteiger partial charge in [-0.05, 0) is 54.5 Å². The van der Waals surface area contributed by atoms with Crippen LogP contribution in [0.5, 0.6) is 11.5 Å². The Labute approximate surface area is 191 Å². The number of carbonyl (C=O) groups is 1. The molecule has 162 valence electrons. The number of halogens is 1. The van der Waals surface area contributed by atoms with Crippen LogP contribution < -0.4 is 20.1 Å². The summed E-state index contributed by atoms with van der Waals surface area (Å²) in [7, 11) is 1.56. The Morgan fingerprint density at radius 2 is 1.97 bits per heavy atom. The van der Waals surface area contributed by atoms with E-state index in [0.717, 1.165) is 11.1 Å². The van der Waals surface area contributed by atoms with Gasteiger partial charge in [0.15, 0.2) is 16.6 Å². The van der Waals surface area contributed by atoms with Crippen LogP contribution in [-0.4, -0.2) is 24.8 Å². The standard InChI is InChI=1S/C23H23ClN2O4S/c1-4-11-29-22(27)20-14(2)25-23(31)26-21(20)16-7-10-18(19(12-16)28-3)30-13-15-5-8-17(24)9-6-15/h4-10,12,21H,1,11,13H2,2-3H3,(H2,25,26,31). The Kier molecular flexibility index (Phi) is 7.55. The molecule has 1 aliphatic rings. The lowest BCUT2D eigenvalue weighted by Crippen LogP contribution is -2.45. The maximum atomic E-state index is 12.6. The van der Waals surface area contributed by atoms with E-state index in [4.69, 9.17) is 38.0 Å². The molecule has 31 heavy (non-hydrogen) atoms. The maximum absolute atomic E-state index is 12.6. The van der Waals surface area contributed by atoms with Crippen LogP contribution in [0.1, 0.15) is 24.1 Å². The summed E-state index contributed by atoms with van der Waals surface area (Å²) in [4.78, 5) is 12.6. The summed E-state index contributed by atoms with van der Waals surface area (Å²) < 4.78 is 16.7. The lowest BCUT2D eigenvalue weighted by atomic mass is 9.95. The van der Waals surface area contributed by atoms with Gasteiger partial charge in [0, 0.05) is 10.7 Å². The molecule has 0 aromatic heterocycles. The number of ether oxygens (including phenoxy) is 3. The second-order valence-corrected chi connectivity index (χ2v) is 7.63. The van der Waals surface area contributed by atoms with E-state index in [0.29, 0.717) is 39.5 Å². The molecule has 1 aliphatic heterocycles. The number of benzene rings is 2. The average Bonchev–Trinajstić information content (AvgIpc) is 2.76. The van der Waals surface area contributed by atoms with Gasteiger partial charge in [-0.15, -0.1) is 0 Å². The van der Waals surface area contributed by atoms with Gasteiger partial charge in [-0.3, -0.25) is 0 Å². The SMILES string of the molecule is C=CCOC(=O)C1=C(C)NC(=S)NC1c1ccc(OCc2ccc(Cl)cc2)c(OC)c1. The zero-order valence-electron chi connectivity index (χ0n) is 17.2. The zero-order valence-corrected chi connectivity index (χ0v) is 18.8. The number of carbonyl (C=O) groups excluding carboxylic acids is 1. The Morgan fingerprint density at radius 1 is 1.23 bits per heavy atom. The minimum Gasteiger partial charge on any atom is -0.493 e. The number of rotatable bonds is 8. The Hall–Kier alpha value is -3.03. The molecule has 2 aromatic rings. The van der Waals surface area contributed by atoms with Crippen molar-refractivity contribution in [1.82, 2.24) is 10.6 Å². The molecule has 2 aromatic carbocycles.